The highest BCUT2D eigenvalue weighted by Gasteiger charge is 2.46. The molecule has 0 aliphatic heterocycles. The van der Waals surface area contributed by atoms with Crippen molar-refractivity contribution >= 4 is 5.78 Å². The first kappa shape index (κ1) is 9.23. The zero-order valence-electron chi connectivity index (χ0n) is 8.81. The van der Waals surface area contributed by atoms with Crippen LogP contribution in [0, 0.1) is 17.3 Å². The highest BCUT2D eigenvalue weighted by Crippen LogP contribution is 2.51. The van der Waals surface area contributed by atoms with E-state index in [1.807, 2.05) is 0 Å². The number of hydrogen-bond donors (Lipinski definition) is 0. The van der Waals surface area contributed by atoms with Crippen LogP contribution in [0.4, 0.5) is 0 Å². The second-order valence-corrected chi connectivity index (χ2v) is 5.21. The Morgan fingerprint density at radius 1 is 1.31 bits per heavy atom. The van der Waals surface area contributed by atoms with E-state index in [4.69, 9.17) is 0 Å². The van der Waals surface area contributed by atoms with Gasteiger partial charge >= 0.3 is 0 Å². The van der Waals surface area contributed by atoms with Gasteiger partial charge in [0.05, 0.1) is 0 Å². The van der Waals surface area contributed by atoms with Crippen LogP contribution in [-0.2, 0) is 4.79 Å². The summed E-state index contributed by atoms with van der Waals surface area (Å²) in [4.78, 5) is 11.8. The van der Waals surface area contributed by atoms with Gasteiger partial charge < -0.3 is 0 Å². The average molecular weight is 180 g/mol. The molecule has 0 saturated heterocycles. The molecule has 2 aliphatic carbocycles. The molecule has 0 heterocycles. The lowest BCUT2D eigenvalue weighted by Crippen LogP contribution is -2.44. The topological polar surface area (TPSA) is 17.1 Å². The Labute approximate surface area is 80.9 Å². The van der Waals surface area contributed by atoms with Gasteiger partial charge in [0, 0.05) is 12.3 Å². The molecule has 0 unspecified atom stereocenters. The van der Waals surface area contributed by atoms with Crippen molar-refractivity contribution in [2.24, 2.45) is 17.3 Å². The highest BCUT2D eigenvalue weighted by molar-refractivity contribution is 5.82. The van der Waals surface area contributed by atoms with Gasteiger partial charge in [-0.25, -0.2) is 0 Å². The zero-order chi connectivity index (χ0) is 9.47. The molecular formula is C12H20O. The predicted octanol–water partition coefficient (Wildman–Crippen LogP) is 3.18. The van der Waals surface area contributed by atoms with E-state index in [2.05, 4.69) is 13.8 Å². The van der Waals surface area contributed by atoms with Crippen LogP contribution < -0.4 is 0 Å². The quantitative estimate of drug-likeness (QED) is 0.559. The minimum absolute atomic E-state index is 0.355. The zero-order valence-corrected chi connectivity index (χ0v) is 8.81. The van der Waals surface area contributed by atoms with Gasteiger partial charge in [0.15, 0.2) is 0 Å². The Morgan fingerprint density at radius 3 is 2.77 bits per heavy atom. The molecule has 1 nitrogen and oxygen atoms in total. The van der Waals surface area contributed by atoms with Gasteiger partial charge in [0.1, 0.15) is 5.78 Å². The van der Waals surface area contributed by atoms with Crippen LogP contribution in [0.2, 0.25) is 0 Å². The first-order chi connectivity index (χ1) is 6.14. The van der Waals surface area contributed by atoms with E-state index in [1.54, 1.807) is 0 Å². The van der Waals surface area contributed by atoms with Gasteiger partial charge in [-0.1, -0.05) is 26.7 Å². The molecule has 0 aromatic rings. The number of carbonyl (C=O) groups excluding carboxylic acids is 1. The van der Waals surface area contributed by atoms with E-state index in [9.17, 15) is 4.79 Å². The standard InChI is InChI=1S/C12H20O/c1-9-6-7-11(13)10-5-3-4-8-12(9,10)2/h9-10H,3-8H2,1-2H3/t9-,10+,12+/m1/s1. The third-order valence-electron chi connectivity index (χ3n) is 4.59. The largest absolute Gasteiger partial charge is 0.299 e. The molecule has 0 bridgehead atoms. The van der Waals surface area contributed by atoms with Crippen molar-refractivity contribution in [2.45, 2.75) is 52.4 Å². The maximum atomic E-state index is 11.8. The van der Waals surface area contributed by atoms with Crippen molar-refractivity contribution in [1.82, 2.24) is 0 Å². The van der Waals surface area contributed by atoms with E-state index in [1.165, 1.54) is 25.7 Å². The Hall–Kier alpha value is -0.330. The van der Waals surface area contributed by atoms with Gasteiger partial charge in [-0.2, -0.15) is 0 Å². The molecule has 0 aromatic carbocycles. The van der Waals surface area contributed by atoms with Gasteiger partial charge in [0.25, 0.3) is 0 Å². The molecular weight excluding hydrogens is 160 g/mol. The van der Waals surface area contributed by atoms with E-state index >= 15 is 0 Å². The first-order valence-electron chi connectivity index (χ1n) is 5.67. The van der Waals surface area contributed by atoms with Crippen molar-refractivity contribution in [3.05, 3.63) is 0 Å². The van der Waals surface area contributed by atoms with Crippen molar-refractivity contribution in [1.29, 1.82) is 0 Å². The number of fused-ring (bicyclic) bond motifs is 1. The fraction of sp³-hybridized carbons (Fsp3) is 0.917. The number of hydrogen-bond acceptors (Lipinski definition) is 1. The summed E-state index contributed by atoms with van der Waals surface area (Å²) in [5.74, 6) is 1.72. The molecule has 2 rings (SSSR count). The summed E-state index contributed by atoms with van der Waals surface area (Å²) >= 11 is 0. The Bertz CT molecular complexity index is 221. The average Bonchev–Trinajstić information content (AvgIpc) is 2.12. The maximum absolute atomic E-state index is 11.8. The molecule has 0 radical (unpaired) electrons. The van der Waals surface area contributed by atoms with Crippen LogP contribution in [0.5, 0.6) is 0 Å². The predicted molar refractivity (Wildman–Crippen MR) is 53.5 cm³/mol. The molecule has 13 heavy (non-hydrogen) atoms. The maximum Gasteiger partial charge on any atom is 0.136 e. The normalized spacial score (nSPS) is 45.8. The van der Waals surface area contributed by atoms with Gasteiger partial charge in [-0.3, -0.25) is 4.79 Å². The van der Waals surface area contributed by atoms with E-state index in [0.29, 0.717) is 17.1 Å². The van der Waals surface area contributed by atoms with Crippen LogP contribution in [0.25, 0.3) is 0 Å². The van der Waals surface area contributed by atoms with Gasteiger partial charge in [-0.15, -0.1) is 0 Å². The fourth-order valence-electron chi connectivity index (χ4n) is 3.34. The molecule has 0 N–H and O–H groups in total. The van der Waals surface area contributed by atoms with Crippen LogP contribution in [0.15, 0.2) is 0 Å². The smallest absolute Gasteiger partial charge is 0.136 e. The monoisotopic (exact) mass is 180 g/mol. The molecule has 74 valence electrons. The summed E-state index contributed by atoms with van der Waals surface area (Å²) < 4.78 is 0. The molecule has 2 fully saturated rings. The molecule has 2 aliphatic rings. The van der Waals surface area contributed by atoms with Crippen LogP contribution in [-0.4, -0.2) is 5.78 Å². The van der Waals surface area contributed by atoms with Crippen LogP contribution in [0.3, 0.4) is 0 Å². The highest BCUT2D eigenvalue weighted by atomic mass is 16.1. The van der Waals surface area contributed by atoms with Gasteiger partial charge in [-0.05, 0) is 30.6 Å². The summed E-state index contributed by atoms with van der Waals surface area (Å²) in [7, 11) is 0. The number of Topliss-reactive ketones (excluding diaryl/α,β-unsaturated/α-hetero) is 1. The van der Waals surface area contributed by atoms with E-state index in [0.717, 1.165) is 18.8 Å². The minimum Gasteiger partial charge on any atom is -0.299 e. The number of ketones is 1. The van der Waals surface area contributed by atoms with E-state index in [-0.39, 0.29) is 0 Å². The molecule has 1 heteroatoms. The molecule has 0 amide bonds. The third kappa shape index (κ3) is 1.33. The summed E-state index contributed by atoms with van der Waals surface area (Å²) in [6.07, 6.45) is 7.04. The number of carbonyl (C=O) groups is 1. The Kier molecular flexibility index (Phi) is 2.21. The number of rotatable bonds is 0. The molecule has 0 spiro atoms. The third-order valence-corrected chi connectivity index (χ3v) is 4.59. The lowest BCUT2D eigenvalue weighted by molar-refractivity contribution is -0.135. The second-order valence-electron chi connectivity index (χ2n) is 5.21. The summed E-state index contributed by atoms with van der Waals surface area (Å²) in [6, 6.07) is 0. The van der Waals surface area contributed by atoms with Crippen molar-refractivity contribution in [3.63, 3.8) is 0 Å². The lowest BCUT2D eigenvalue weighted by atomic mass is 9.55. The Morgan fingerprint density at radius 2 is 2.08 bits per heavy atom. The Balaban J connectivity index is 2.24. The first-order valence-corrected chi connectivity index (χ1v) is 5.67. The van der Waals surface area contributed by atoms with Crippen LogP contribution in [0.1, 0.15) is 52.4 Å². The molecule has 0 aromatic heterocycles. The summed E-state index contributed by atoms with van der Waals surface area (Å²) in [5.41, 5.74) is 0.355. The minimum atomic E-state index is 0.355. The second kappa shape index (κ2) is 3.11. The summed E-state index contributed by atoms with van der Waals surface area (Å²) in [6.45, 7) is 4.68. The fourth-order valence-corrected chi connectivity index (χ4v) is 3.34. The summed E-state index contributed by atoms with van der Waals surface area (Å²) in [5, 5.41) is 0. The molecule has 2 saturated carbocycles. The van der Waals surface area contributed by atoms with Crippen molar-refractivity contribution in [3.8, 4) is 0 Å². The van der Waals surface area contributed by atoms with Crippen molar-refractivity contribution in [2.75, 3.05) is 0 Å². The lowest BCUT2D eigenvalue weighted by Gasteiger charge is -2.48. The van der Waals surface area contributed by atoms with E-state index < -0.39 is 0 Å². The van der Waals surface area contributed by atoms with Gasteiger partial charge in [0.2, 0.25) is 0 Å². The SMILES string of the molecule is C[C@@H]1CCC(=O)[C@@H]2CCCC[C@@]12C. The molecule has 3 atom stereocenters. The van der Waals surface area contributed by atoms with Crippen molar-refractivity contribution < 1.29 is 4.79 Å². The van der Waals surface area contributed by atoms with Crippen LogP contribution >= 0.6 is 0 Å².